The molecule has 1 aliphatic rings. The summed E-state index contributed by atoms with van der Waals surface area (Å²) in [5, 5.41) is 9.91. The number of carbonyl (C=O) groups excluding carboxylic acids is 2. The predicted octanol–water partition coefficient (Wildman–Crippen LogP) is 3.04. The highest BCUT2D eigenvalue weighted by Gasteiger charge is 2.34. The molecule has 172 valence electrons. The smallest absolute Gasteiger partial charge is 0.271 e. The van der Waals surface area contributed by atoms with Gasteiger partial charge in [0.25, 0.3) is 5.91 Å². The van der Waals surface area contributed by atoms with Crippen LogP contribution in [0.15, 0.2) is 65.9 Å². The van der Waals surface area contributed by atoms with Crippen LogP contribution in [0.4, 0.5) is 11.4 Å². The number of para-hydroxylation sites is 1. The fourth-order valence-electron chi connectivity index (χ4n) is 4.15. The number of benzene rings is 2. The first-order chi connectivity index (χ1) is 16.0. The molecule has 0 fully saturated rings. The molecule has 0 saturated carbocycles. The molecule has 8 heteroatoms. The summed E-state index contributed by atoms with van der Waals surface area (Å²) < 4.78 is 2.23. The van der Waals surface area contributed by atoms with Crippen molar-refractivity contribution >= 4 is 39.8 Å². The predicted molar refractivity (Wildman–Crippen MR) is 132 cm³/mol. The lowest BCUT2D eigenvalue weighted by Gasteiger charge is -2.20. The van der Waals surface area contributed by atoms with Crippen LogP contribution >= 0.6 is 0 Å². The number of nitrogens with two attached hydrogens (primary N) is 1. The number of carbonyl (C=O) groups is 2. The molecule has 2 aromatic carbocycles. The van der Waals surface area contributed by atoms with E-state index < -0.39 is 11.9 Å². The van der Waals surface area contributed by atoms with Gasteiger partial charge in [-0.05, 0) is 49.5 Å². The van der Waals surface area contributed by atoms with Gasteiger partial charge >= 0.3 is 0 Å². The number of nitrogens with one attached hydrogen (secondary N) is 1. The number of primary amides is 1. The van der Waals surface area contributed by atoms with Gasteiger partial charge < -0.3 is 20.5 Å². The quantitative estimate of drug-likeness (QED) is 0.528. The minimum absolute atomic E-state index is 0.167. The van der Waals surface area contributed by atoms with Gasteiger partial charge in [0.1, 0.15) is 11.8 Å². The zero-order chi connectivity index (χ0) is 23.4. The van der Waals surface area contributed by atoms with Crippen molar-refractivity contribution in [3.8, 4) is 0 Å². The molecule has 4 rings (SSSR count). The number of nitrogens with zero attached hydrogens (tertiary/aromatic N) is 4. The van der Waals surface area contributed by atoms with Crippen LogP contribution in [0.1, 0.15) is 20.3 Å². The third-order valence-corrected chi connectivity index (χ3v) is 6.10. The first-order valence-electron chi connectivity index (χ1n) is 11.3. The van der Waals surface area contributed by atoms with E-state index in [0.29, 0.717) is 5.69 Å². The summed E-state index contributed by atoms with van der Waals surface area (Å²) in [6, 6.07) is 16.5. The molecule has 3 N–H and O–H groups in total. The van der Waals surface area contributed by atoms with Crippen LogP contribution in [-0.4, -0.2) is 52.7 Å². The maximum Gasteiger partial charge on any atom is 0.271 e. The normalized spacial score (nSPS) is 15.8. The second kappa shape index (κ2) is 9.87. The van der Waals surface area contributed by atoms with Gasteiger partial charge in [-0.15, -0.1) is 0 Å². The second-order valence-corrected chi connectivity index (χ2v) is 8.11. The summed E-state index contributed by atoms with van der Waals surface area (Å²) in [4.78, 5) is 27.3. The number of rotatable bonds is 9. The Kier molecular flexibility index (Phi) is 6.74. The van der Waals surface area contributed by atoms with Crippen LogP contribution in [0.2, 0.25) is 0 Å². The van der Waals surface area contributed by atoms with E-state index in [1.807, 2.05) is 48.5 Å². The number of aromatic nitrogens is 1. The number of hydrogen-bond acceptors (Lipinski definition) is 5. The molecule has 1 atom stereocenters. The number of anilines is 2. The van der Waals surface area contributed by atoms with Crippen LogP contribution in [0.3, 0.4) is 0 Å². The number of likely N-dealkylation sites (N-methyl/N-ethyl adjacent to an activating group) is 1. The van der Waals surface area contributed by atoms with Gasteiger partial charge in [-0.1, -0.05) is 32.0 Å². The van der Waals surface area contributed by atoms with Crippen molar-refractivity contribution < 1.29 is 9.59 Å². The zero-order valence-electron chi connectivity index (χ0n) is 19.1. The highest BCUT2D eigenvalue weighted by Crippen LogP contribution is 2.25. The van der Waals surface area contributed by atoms with Crippen LogP contribution < -0.4 is 16.1 Å². The molecule has 0 spiro atoms. The molecule has 33 heavy (non-hydrogen) atoms. The van der Waals surface area contributed by atoms with Gasteiger partial charge in [0.2, 0.25) is 5.91 Å². The summed E-state index contributed by atoms with van der Waals surface area (Å²) in [7, 11) is 0. The van der Waals surface area contributed by atoms with Crippen molar-refractivity contribution in [2.24, 2.45) is 10.8 Å². The number of fused-ring (bicyclic) bond motifs is 1. The van der Waals surface area contributed by atoms with Crippen LogP contribution in [-0.2, 0) is 16.1 Å². The van der Waals surface area contributed by atoms with Crippen molar-refractivity contribution in [1.29, 1.82) is 0 Å². The maximum absolute atomic E-state index is 12.9. The van der Waals surface area contributed by atoms with E-state index >= 15 is 0 Å². The van der Waals surface area contributed by atoms with E-state index in [2.05, 4.69) is 46.0 Å². The van der Waals surface area contributed by atoms with E-state index in [9.17, 15) is 9.59 Å². The van der Waals surface area contributed by atoms with Crippen molar-refractivity contribution in [2.45, 2.75) is 32.9 Å². The minimum atomic E-state index is -0.685. The molecule has 0 saturated heterocycles. The molecule has 2 amide bonds. The fraction of sp³-hybridized carbons (Fsp3) is 0.320. The molecule has 0 bridgehead atoms. The maximum atomic E-state index is 12.9. The monoisotopic (exact) mass is 446 g/mol. The molecule has 8 nitrogen and oxygen atoms in total. The standard InChI is InChI=1S/C25H30N6O2/c1-3-29(4-2)14-15-30-13-12-18-16-19(10-11-22(18)30)27-25(33)21-17-23(24(26)32)31(28-21)20-8-6-5-7-9-20/h5-13,16,23H,3-4,14-15,17H2,1-2H3,(H2,26,32)(H,27,33). The Hall–Kier alpha value is -3.65. The van der Waals surface area contributed by atoms with E-state index in [4.69, 9.17) is 5.73 Å². The number of hydrazone groups is 1. The number of amides is 2. The van der Waals surface area contributed by atoms with Crippen LogP contribution in [0.25, 0.3) is 10.9 Å². The Labute approximate surface area is 193 Å². The lowest BCUT2D eigenvalue weighted by molar-refractivity contribution is -0.119. The first-order valence-corrected chi connectivity index (χ1v) is 11.3. The van der Waals surface area contributed by atoms with Crippen molar-refractivity contribution in [2.75, 3.05) is 30.0 Å². The molecule has 1 aliphatic heterocycles. The van der Waals surface area contributed by atoms with Crippen LogP contribution in [0, 0.1) is 0 Å². The minimum Gasteiger partial charge on any atom is -0.368 e. The lowest BCUT2D eigenvalue weighted by Crippen LogP contribution is -2.39. The van der Waals surface area contributed by atoms with Gasteiger partial charge in [-0.3, -0.25) is 14.6 Å². The number of hydrogen-bond donors (Lipinski definition) is 2. The van der Waals surface area contributed by atoms with Crippen molar-refractivity contribution in [3.63, 3.8) is 0 Å². The van der Waals surface area contributed by atoms with Gasteiger partial charge in [-0.2, -0.15) is 5.10 Å². The van der Waals surface area contributed by atoms with Crippen molar-refractivity contribution in [3.05, 3.63) is 60.8 Å². The summed E-state index contributed by atoms with van der Waals surface area (Å²) in [6.07, 6.45) is 2.25. The molecule has 3 aromatic rings. The first kappa shape index (κ1) is 22.5. The summed E-state index contributed by atoms with van der Waals surface area (Å²) in [5.41, 5.74) is 8.38. The SMILES string of the molecule is CCN(CC)CCn1ccc2cc(NC(=O)C3=NN(c4ccccc4)C(C(N)=O)C3)ccc21. The van der Waals surface area contributed by atoms with Crippen molar-refractivity contribution in [1.82, 2.24) is 9.47 Å². The van der Waals surface area contributed by atoms with E-state index in [1.54, 1.807) is 0 Å². The summed E-state index contributed by atoms with van der Waals surface area (Å²) in [6.45, 7) is 8.32. The highest BCUT2D eigenvalue weighted by molar-refractivity contribution is 6.44. The van der Waals surface area contributed by atoms with Gasteiger partial charge in [0, 0.05) is 42.3 Å². The Morgan fingerprint density at radius 3 is 2.58 bits per heavy atom. The average Bonchev–Trinajstić information content (AvgIpc) is 3.45. The molecule has 0 aliphatic carbocycles. The van der Waals surface area contributed by atoms with E-state index in [-0.39, 0.29) is 18.0 Å². The van der Waals surface area contributed by atoms with E-state index in [0.717, 1.165) is 42.8 Å². The lowest BCUT2D eigenvalue weighted by atomic mass is 10.1. The molecular weight excluding hydrogens is 416 g/mol. The van der Waals surface area contributed by atoms with Gasteiger partial charge in [0.15, 0.2) is 0 Å². The largest absolute Gasteiger partial charge is 0.368 e. The van der Waals surface area contributed by atoms with Gasteiger partial charge in [-0.25, -0.2) is 0 Å². The Balaban J connectivity index is 1.48. The second-order valence-electron chi connectivity index (χ2n) is 8.11. The average molecular weight is 447 g/mol. The van der Waals surface area contributed by atoms with Gasteiger partial charge in [0.05, 0.1) is 5.69 Å². The zero-order valence-corrected chi connectivity index (χ0v) is 19.1. The van der Waals surface area contributed by atoms with E-state index in [1.165, 1.54) is 5.01 Å². The summed E-state index contributed by atoms with van der Waals surface area (Å²) in [5.74, 6) is -0.849. The third kappa shape index (κ3) is 4.90. The molecular formula is C25H30N6O2. The van der Waals surface area contributed by atoms with Crippen LogP contribution in [0.5, 0.6) is 0 Å². The molecule has 0 radical (unpaired) electrons. The highest BCUT2D eigenvalue weighted by atomic mass is 16.2. The molecule has 1 unspecified atom stereocenters. The topological polar surface area (TPSA) is 96.0 Å². The third-order valence-electron chi connectivity index (χ3n) is 6.10. The molecule has 1 aromatic heterocycles. The Morgan fingerprint density at radius 1 is 1.12 bits per heavy atom. The Morgan fingerprint density at radius 2 is 1.88 bits per heavy atom. The fourth-order valence-corrected chi connectivity index (χ4v) is 4.15. The summed E-state index contributed by atoms with van der Waals surface area (Å²) >= 11 is 0. The Bertz CT molecular complexity index is 1170. The molecule has 2 heterocycles.